The van der Waals surface area contributed by atoms with E-state index in [-0.39, 0.29) is 5.91 Å². The number of thioether (sulfide) groups is 1. The van der Waals surface area contributed by atoms with Crippen molar-refractivity contribution < 1.29 is 9.53 Å². The Bertz CT molecular complexity index is 999. The number of carbonyl (C=O) groups is 1. The summed E-state index contributed by atoms with van der Waals surface area (Å²) in [6.45, 7) is 9.72. The van der Waals surface area contributed by atoms with E-state index in [0.717, 1.165) is 17.9 Å². The fraction of sp³-hybridized carbons (Fsp3) is 0.375. The second-order valence-electron chi connectivity index (χ2n) is 7.99. The van der Waals surface area contributed by atoms with Gasteiger partial charge in [-0.2, -0.15) is 0 Å². The van der Waals surface area contributed by atoms with E-state index < -0.39 is 0 Å². The van der Waals surface area contributed by atoms with Crippen molar-refractivity contribution in [1.82, 2.24) is 20.1 Å². The summed E-state index contributed by atoms with van der Waals surface area (Å²) < 4.78 is 7.61. The number of nitrogens with one attached hydrogen (secondary N) is 1. The average molecular weight is 439 g/mol. The van der Waals surface area contributed by atoms with Crippen LogP contribution in [0.3, 0.4) is 0 Å². The topological polar surface area (TPSA) is 69.0 Å². The molecule has 3 aromatic rings. The lowest BCUT2D eigenvalue weighted by Crippen LogP contribution is -2.27. The largest absolute Gasteiger partial charge is 0.493 e. The summed E-state index contributed by atoms with van der Waals surface area (Å²) >= 11 is 1.38. The molecule has 1 N–H and O–H groups in total. The number of carbonyl (C=O) groups excluding carboxylic acids is 1. The molecule has 0 spiro atoms. The molecule has 7 heteroatoms. The van der Waals surface area contributed by atoms with Crippen molar-refractivity contribution in [2.75, 3.05) is 18.9 Å². The standard InChI is InChI=1S/C24H30N4O2S/c1-17(2)14-30-22-9-6-20(7-10-22)11-12-25-23(29)15-31-24-27-26-16-28(24)21-8-5-18(3)19(4)13-21/h5-10,13,16-17H,11-12,14-15H2,1-4H3,(H,25,29). The maximum atomic E-state index is 12.3. The fourth-order valence-electron chi connectivity index (χ4n) is 2.92. The number of amides is 1. The van der Waals surface area contributed by atoms with Crippen LogP contribution in [0.4, 0.5) is 0 Å². The van der Waals surface area contributed by atoms with Crippen LogP contribution in [0.2, 0.25) is 0 Å². The van der Waals surface area contributed by atoms with E-state index in [2.05, 4.69) is 55.3 Å². The molecule has 0 aliphatic carbocycles. The zero-order valence-corrected chi connectivity index (χ0v) is 19.4. The summed E-state index contributed by atoms with van der Waals surface area (Å²) in [6, 6.07) is 14.3. The number of ether oxygens (including phenoxy) is 1. The summed E-state index contributed by atoms with van der Waals surface area (Å²) in [5.41, 5.74) is 4.61. The first-order chi connectivity index (χ1) is 14.9. The Morgan fingerprint density at radius 3 is 2.61 bits per heavy atom. The molecule has 6 nitrogen and oxygen atoms in total. The second-order valence-corrected chi connectivity index (χ2v) is 8.93. The highest BCUT2D eigenvalue weighted by Crippen LogP contribution is 2.21. The van der Waals surface area contributed by atoms with Crippen LogP contribution in [-0.4, -0.2) is 39.6 Å². The van der Waals surface area contributed by atoms with Gasteiger partial charge in [0.15, 0.2) is 5.16 Å². The van der Waals surface area contributed by atoms with Crippen LogP contribution in [0.25, 0.3) is 5.69 Å². The zero-order chi connectivity index (χ0) is 22.2. The monoisotopic (exact) mass is 438 g/mol. The number of nitrogens with zero attached hydrogens (tertiary/aromatic N) is 3. The molecule has 3 rings (SSSR count). The van der Waals surface area contributed by atoms with Crippen LogP contribution < -0.4 is 10.1 Å². The van der Waals surface area contributed by atoms with Crippen LogP contribution >= 0.6 is 11.8 Å². The molecule has 2 aromatic carbocycles. The molecule has 0 radical (unpaired) electrons. The Hall–Kier alpha value is -2.80. The molecule has 0 aliphatic rings. The number of benzene rings is 2. The van der Waals surface area contributed by atoms with Crippen molar-refractivity contribution in [3.63, 3.8) is 0 Å². The third-order valence-electron chi connectivity index (χ3n) is 4.86. The first-order valence-electron chi connectivity index (χ1n) is 10.5. The van der Waals surface area contributed by atoms with Gasteiger partial charge in [-0.25, -0.2) is 0 Å². The van der Waals surface area contributed by atoms with Gasteiger partial charge in [0.1, 0.15) is 12.1 Å². The highest BCUT2D eigenvalue weighted by molar-refractivity contribution is 7.99. The highest BCUT2D eigenvalue weighted by atomic mass is 32.2. The Kier molecular flexibility index (Phi) is 8.12. The molecule has 1 heterocycles. The predicted octanol–water partition coefficient (Wildman–Crippen LogP) is 4.37. The van der Waals surface area contributed by atoms with E-state index in [1.54, 1.807) is 6.33 Å². The Morgan fingerprint density at radius 2 is 1.90 bits per heavy atom. The lowest BCUT2D eigenvalue weighted by molar-refractivity contribution is -0.118. The molecule has 0 fully saturated rings. The number of aryl methyl sites for hydroxylation is 2. The van der Waals surface area contributed by atoms with Crippen LogP contribution in [0, 0.1) is 19.8 Å². The van der Waals surface area contributed by atoms with Crippen LogP contribution in [0.1, 0.15) is 30.5 Å². The van der Waals surface area contributed by atoms with Crippen LogP contribution in [0.15, 0.2) is 53.9 Å². The van der Waals surface area contributed by atoms with E-state index in [0.29, 0.717) is 30.0 Å². The SMILES string of the molecule is Cc1ccc(-n2cnnc2SCC(=O)NCCc2ccc(OCC(C)C)cc2)cc1C. The highest BCUT2D eigenvalue weighted by Gasteiger charge is 2.11. The lowest BCUT2D eigenvalue weighted by atomic mass is 10.1. The Morgan fingerprint density at radius 1 is 1.13 bits per heavy atom. The van der Waals surface area contributed by atoms with Gasteiger partial charge in [-0.15, -0.1) is 10.2 Å². The summed E-state index contributed by atoms with van der Waals surface area (Å²) in [6.07, 6.45) is 2.46. The maximum absolute atomic E-state index is 12.3. The van der Waals surface area contributed by atoms with E-state index >= 15 is 0 Å². The molecule has 0 unspecified atom stereocenters. The van der Waals surface area contributed by atoms with E-state index in [1.807, 2.05) is 34.9 Å². The molecule has 0 saturated carbocycles. The number of hydrogen-bond acceptors (Lipinski definition) is 5. The van der Waals surface area contributed by atoms with Crippen molar-refractivity contribution >= 4 is 17.7 Å². The molecule has 0 aliphatic heterocycles. The smallest absolute Gasteiger partial charge is 0.230 e. The molecule has 0 saturated heterocycles. The van der Waals surface area contributed by atoms with Crippen LogP contribution in [-0.2, 0) is 11.2 Å². The first kappa shape index (κ1) is 22.9. The van der Waals surface area contributed by atoms with E-state index in [9.17, 15) is 4.79 Å². The van der Waals surface area contributed by atoms with Gasteiger partial charge in [0.25, 0.3) is 0 Å². The van der Waals surface area contributed by atoms with Gasteiger partial charge < -0.3 is 10.1 Å². The Balaban J connectivity index is 1.44. The van der Waals surface area contributed by atoms with E-state index in [1.165, 1.54) is 28.5 Å². The summed E-state index contributed by atoms with van der Waals surface area (Å²) in [5.74, 6) is 1.66. The predicted molar refractivity (Wildman–Crippen MR) is 125 cm³/mol. The minimum Gasteiger partial charge on any atom is -0.493 e. The molecule has 1 amide bonds. The van der Waals surface area contributed by atoms with Gasteiger partial charge in [-0.05, 0) is 67.1 Å². The van der Waals surface area contributed by atoms with Crippen molar-refractivity contribution in [3.8, 4) is 11.4 Å². The van der Waals surface area contributed by atoms with Gasteiger partial charge in [0, 0.05) is 12.2 Å². The number of aromatic nitrogens is 3. The lowest BCUT2D eigenvalue weighted by Gasteiger charge is -2.10. The zero-order valence-electron chi connectivity index (χ0n) is 18.6. The average Bonchev–Trinajstić information content (AvgIpc) is 3.22. The molecule has 1 aromatic heterocycles. The van der Waals surface area contributed by atoms with Gasteiger partial charge in [0.05, 0.1) is 12.4 Å². The van der Waals surface area contributed by atoms with Gasteiger partial charge >= 0.3 is 0 Å². The van der Waals surface area contributed by atoms with Gasteiger partial charge in [-0.1, -0.05) is 43.8 Å². The normalized spacial score (nSPS) is 11.0. The third kappa shape index (κ3) is 6.85. The molecule has 0 bridgehead atoms. The summed E-state index contributed by atoms with van der Waals surface area (Å²) in [7, 11) is 0. The fourth-order valence-corrected chi connectivity index (χ4v) is 3.68. The second kappa shape index (κ2) is 11.0. The van der Waals surface area contributed by atoms with E-state index in [4.69, 9.17) is 4.74 Å². The third-order valence-corrected chi connectivity index (χ3v) is 5.80. The molecular weight excluding hydrogens is 408 g/mol. The number of hydrogen-bond donors (Lipinski definition) is 1. The van der Waals surface area contributed by atoms with Crippen LogP contribution in [0.5, 0.6) is 5.75 Å². The summed E-state index contributed by atoms with van der Waals surface area (Å²) in [5, 5.41) is 11.9. The Labute approximate surface area is 188 Å². The minimum atomic E-state index is -0.0171. The maximum Gasteiger partial charge on any atom is 0.230 e. The molecule has 164 valence electrons. The van der Waals surface area contributed by atoms with Gasteiger partial charge in [0.2, 0.25) is 5.91 Å². The van der Waals surface area contributed by atoms with Crippen molar-refractivity contribution in [3.05, 3.63) is 65.5 Å². The molecule has 31 heavy (non-hydrogen) atoms. The van der Waals surface area contributed by atoms with Crippen molar-refractivity contribution in [1.29, 1.82) is 0 Å². The molecule has 0 atom stereocenters. The van der Waals surface area contributed by atoms with Crippen molar-refractivity contribution in [2.24, 2.45) is 5.92 Å². The van der Waals surface area contributed by atoms with Crippen molar-refractivity contribution in [2.45, 2.75) is 39.3 Å². The number of rotatable bonds is 10. The first-order valence-corrected chi connectivity index (χ1v) is 11.5. The quantitative estimate of drug-likeness (QED) is 0.476. The summed E-state index contributed by atoms with van der Waals surface area (Å²) in [4.78, 5) is 12.3. The van der Waals surface area contributed by atoms with Gasteiger partial charge in [-0.3, -0.25) is 9.36 Å². The minimum absolute atomic E-state index is 0.0171. The molecular formula is C24H30N4O2S.